The van der Waals surface area contributed by atoms with E-state index < -0.39 is 5.97 Å². The van der Waals surface area contributed by atoms with Crippen molar-refractivity contribution in [2.45, 2.75) is 26.7 Å². The molecule has 27 heavy (non-hydrogen) atoms. The summed E-state index contributed by atoms with van der Waals surface area (Å²) in [6.07, 6.45) is 1.37. The Kier molecular flexibility index (Phi) is 5.54. The lowest BCUT2D eigenvalue weighted by Crippen LogP contribution is -2.24. The van der Waals surface area contributed by atoms with Crippen LogP contribution in [-0.4, -0.2) is 30.9 Å². The third-order valence-electron chi connectivity index (χ3n) is 4.57. The first kappa shape index (κ1) is 18.6. The monoisotopic (exact) mass is 366 g/mol. The molecule has 0 radical (unpaired) electrons. The van der Waals surface area contributed by atoms with Crippen molar-refractivity contribution in [2.75, 3.05) is 23.4 Å². The summed E-state index contributed by atoms with van der Waals surface area (Å²) in [6, 6.07) is 12.1. The van der Waals surface area contributed by atoms with Crippen LogP contribution in [0.2, 0.25) is 0 Å². The molecule has 0 aromatic heterocycles. The van der Waals surface area contributed by atoms with E-state index in [4.69, 9.17) is 4.74 Å². The Balaban J connectivity index is 1.81. The van der Waals surface area contributed by atoms with Gasteiger partial charge in [-0.1, -0.05) is 12.1 Å². The second-order valence-corrected chi connectivity index (χ2v) is 6.35. The molecule has 1 fully saturated rings. The molecule has 0 saturated carbocycles. The van der Waals surface area contributed by atoms with Crippen LogP contribution in [0, 0.1) is 6.92 Å². The lowest BCUT2D eigenvalue weighted by atomic mass is 10.1. The molecule has 0 unspecified atom stereocenters. The van der Waals surface area contributed by atoms with E-state index in [1.165, 1.54) is 0 Å². The van der Waals surface area contributed by atoms with Crippen LogP contribution < -0.4 is 10.2 Å². The second-order valence-electron chi connectivity index (χ2n) is 6.35. The topological polar surface area (TPSA) is 75.7 Å². The first-order valence-electron chi connectivity index (χ1n) is 8.99. The van der Waals surface area contributed by atoms with Crippen LogP contribution in [0.4, 0.5) is 11.4 Å². The van der Waals surface area contributed by atoms with Gasteiger partial charge in [0.15, 0.2) is 0 Å². The number of nitrogens with zero attached hydrogens (tertiary/aromatic N) is 1. The first-order valence-corrected chi connectivity index (χ1v) is 8.99. The normalized spacial score (nSPS) is 13.6. The van der Waals surface area contributed by atoms with Crippen molar-refractivity contribution in [3.8, 4) is 0 Å². The summed E-state index contributed by atoms with van der Waals surface area (Å²) in [6.45, 7) is 4.47. The number of amides is 2. The molecule has 0 aliphatic carbocycles. The summed E-state index contributed by atoms with van der Waals surface area (Å²) in [5, 5.41) is 2.84. The summed E-state index contributed by atoms with van der Waals surface area (Å²) in [4.78, 5) is 38.3. The van der Waals surface area contributed by atoms with Crippen molar-refractivity contribution in [1.29, 1.82) is 0 Å². The van der Waals surface area contributed by atoms with E-state index in [2.05, 4.69) is 5.32 Å². The zero-order chi connectivity index (χ0) is 19.4. The zero-order valence-electron chi connectivity index (χ0n) is 15.5. The maximum absolute atomic E-state index is 12.7. The summed E-state index contributed by atoms with van der Waals surface area (Å²) >= 11 is 0. The summed E-state index contributed by atoms with van der Waals surface area (Å²) < 4.78 is 5.05. The Morgan fingerprint density at radius 2 is 1.96 bits per heavy atom. The van der Waals surface area contributed by atoms with Gasteiger partial charge >= 0.3 is 5.97 Å². The van der Waals surface area contributed by atoms with E-state index in [0.717, 1.165) is 12.1 Å². The predicted molar refractivity (Wildman–Crippen MR) is 103 cm³/mol. The highest BCUT2D eigenvalue weighted by Crippen LogP contribution is 2.24. The Morgan fingerprint density at radius 3 is 2.67 bits per heavy atom. The molecule has 140 valence electrons. The summed E-state index contributed by atoms with van der Waals surface area (Å²) in [5.74, 6) is -0.640. The lowest BCUT2D eigenvalue weighted by molar-refractivity contribution is -0.117. The molecule has 0 bridgehead atoms. The lowest BCUT2D eigenvalue weighted by Gasteiger charge is -2.17. The number of benzene rings is 2. The van der Waals surface area contributed by atoms with Crippen molar-refractivity contribution < 1.29 is 19.1 Å². The molecule has 1 saturated heterocycles. The quantitative estimate of drug-likeness (QED) is 0.821. The van der Waals surface area contributed by atoms with Crippen LogP contribution in [-0.2, 0) is 9.53 Å². The minimum Gasteiger partial charge on any atom is -0.462 e. The first-order chi connectivity index (χ1) is 13.0. The molecule has 6 nitrogen and oxygen atoms in total. The molecular formula is C21H22N2O4. The maximum Gasteiger partial charge on any atom is 0.338 e. The molecule has 1 aliphatic rings. The van der Waals surface area contributed by atoms with Crippen LogP contribution in [0.5, 0.6) is 0 Å². The fraction of sp³-hybridized carbons (Fsp3) is 0.286. The third-order valence-corrected chi connectivity index (χ3v) is 4.57. The molecule has 2 aromatic carbocycles. The number of nitrogens with one attached hydrogen (secondary N) is 1. The van der Waals surface area contributed by atoms with Gasteiger partial charge in [0, 0.05) is 29.9 Å². The van der Waals surface area contributed by atoms with E-state index in [9.17, 15) is 14.4 Å². The van der Waals surface area contributed by atoms with Crippen molar-refractivity contribution in [3.05, 3.63) is 59.2 Å². The Labute approximate surface area is 158 Å². The van der Waals surface area contributed by atoms with E-state index >= 15 is 0 Å². The Morgan fingerprint density at radius 1 is 1.19 bits per heavy atom. The zero-order valence-corrected chi connectivity index (χ0v) is 15.5. The molecule has 3 rings (SSSR count). The van der Waals surface area contributed by atoms with Crippen LogP contribution in [0.25, 0.3) is 0 Å². The van der Waals surface area contributed by atoms with Gasteiger partial charge in [-0.2, -0.15) is 0 Å². The molecule has 0 spiro atoms. The number of hydrogen-bond donors (Lipinski definition) is 1. The molecular weight excluding hydrogens is 344 g/mol. The van der Waals surface area contributed by atoms with Crippen LogP contribution in [0.3, 0.4) is 0 Å². The Hall–Kier alpha value is -3.15. The highest BCUT2D eigenvalue weighted by atomic mass is 16.5. The average molecular weight is 366 g/mol. The standard InChI is InChI=1S/C21H22N2O4/c1-3-27-21(26)17-9-5-10-18(14(17)2)22-20(25)15-7-4-8-16(13-15)23-12-6-11-19(23)24/h4-5,7-10,13H,3,6,11-12H2,1-2H3,(H,22,25). The second kappa shape index (κ2) is 8.03. The van der Waals surface area contributed by atoms with Gasteiger partial charge in [-0.15, -0.1) is 0 Å². The van der Waals surface area contributed by atoms with Gasteiger partial charge in [0.2, 0.25) is 5.91 Å². The summed E-state index contributed by atoms with van der Waals surface area (Å²) in [7, 11) is 0. The molecule has 1 N–H and O–H groups in total. The van der Waals surface area contributed by atoms with Crippen LogP contribution in [0.15, 0.2) is 42.5 Å². The Bertz CT molecular complexity index is 892. The molecule has 1 heterocycles. The fourth-order valence-corrected chi connectivity index (χ4v) is 3.13. The van der Waals surface area contributed by atoms with Gasteiger partial charge in [-0.3, -0.25) is 9.59 Å². The highest BCUT2D eigenvalue weighted by Gasteiger charge is 2.22. The van der Waals surface area contributed by atoms with Gasteiger partial charge in [0.1, 0.15) is 0 Å². The molecule has 6 heteroatoms. The third kappa shape index (κ3) is 4.00. The smallest absolute Gasteiger partial charge is 0.338 e. The molecule has 2 amide bonds. The van der Waals surface area contributed by atoms with Crippen molar-refractivity contribution in [2.24, 2.45) is 0 Å². The van der Waals surface area contributed by atoms with Gasteiger partial charge in [0.25, 0.3) is 5.91 Å². The van der Waals surface area contributed by atoms with Gasteiger partial charge in [-0.25, -0.2) is 4.79 Å². The van der Waals surface area contributed by atoms with E-state index in [0.29, 0.717) is 35.3 Å². The number of rotatable bonds is 5. The SMILES string of the molecule is CCOC(=O)c1cccc(NC(=O)c2cccc(N3CCCC3=O)c2)c1C. The average Bonchev–Trinajstić information content (AvgIpc) is 3.09. The van der Waals surface area contributed by atoms with Crippen molar-refractivity contribution in [3.63, 3.8) is 0 Å². The van der Waals surface area contributed by atoms with Gasteiger partial charge in [-0.05, 0) is 56.2 Å². The fourth-order valence-electron chi connectivity index (χ4n) is 3.13. The number of carbonyl (C=O) groups is 3. The number of ether oxygens (including phenoxy) is 1. The van der Waals surface area contributed by atoms with Crippen LogP contribution >= 0.6 is 0 Å². The minimum absolute atomic E-state index is 0.0746. The number of esters is 1. The van der Waals surface area contributed by atoms with E-state index in [1.807, 2.05) is 6.07 Å². The summed E-state index contributed by atoms with van der Waals surface area (Å²) in [5.41, 5.74) is 2.80. The van der Waals surface area contributed by atoms with Gasteiger partial charge in [0.05, 0.1) is 12.2 Å². The highest BCUT2D eigenvalue weighted by molar-refractivity contribution is 6.07. The number of hydrogen-bond acceptors (Lipinski definition) is 4. The maximum atomic E-state index is 12.7. The van der Waals surface area contributed by atoms with Crippen molar-refractivity contribution in [1.82, 2.24) is 0 Å². The number of carbonyl (C=O) groups excluding carboxylic acids is 3. The van der Waals surface area contributed by atoms with Crippen molar-refractivity contribution >= 4 is 29.2 Å². The molecule has 0 atom stereocenters. The largest absolute Gasteiger partial charge is 0.462 e. The predicted octanol–water partition coefficient (Wildman–Crippen LogP) is 3.55. The minimum atomic E-state index is -0.416. The number of anilines is 2. The van der Waals surface area contributed by atoms with Crippen LogP contribution in [0.1, 0.15) is 46.0 Å². The van der Waals surface area contributed by atoms with E-state index in [-0.39, 0.29) is 18.4 Å². The van der Waals surface area contributed by atoms with E-state index in [1.54, 1.807) is 55.1 Å². The molecule has 2 aromatic rings. The van der Waals surface area contributed by atoms with Gasteiger partial charge < -0.3 is 15.0 Å². The molecule has 1 aliphatic heterocycles.